The minimum absolute atomic E-state index is 0.0140. The molecule has 0 saturated heterocycles. The summed E-state index contributed by atoms with van der Waals surface area (Å²) in [5, 5.41) is 14.2. The van der Waals surface area contributed by atoms with Gasteiger partial charge in [0, 0.05) is 31.1 Å². The summed E-state index contributed by atoms with van der Waals surface area (Å²) in [5.41, 5.74) is 0.255. The van der Waals surface area contributed by atoms with E-state index in [4.69, 9.17) is 9.47 Å². The van der Waals surface area contributed by atoms with E-state index in [1.54, 1.807) is 12.1 Å². The van der Waals surface area contributed by atoms with Gasteiger partial charge in [0.1, 0.15) is 11.3 Å². The first-order valence-corrected chi connectivity index (χ1v) is 8.98. The van der Waals surface area contributed by atoms with Crippen LogP contribution < -0.4 is 10.1 Å². The van der Waals surface area contributed by atoms with Gasteiger partial charge < -0.3 is 14.8 Å². The van der Waals surface area contributed by atoms with E-state index >= 15 is 0 Å². The Hall–Kier alpha value is -3.23. The average molecular weight is 389 g/mol. The molecule has 0 radical (unpaired) electrons. The number of rotatable bonds is 10. The second kappa shape index (κ2) is 10.2. The summed E-state index contributed by atoms with van der Waals surface area (Å²) in [5.74, 6) is -0.202. The van der Waals surface area contributed by atoms with Gasteiger partial charge in [-0.05, 0) is 31.0 Å². The molecule has 0 aliphatic rings. The number of benzene rings is 1. The lowest BCUT2D eigenvalue weighted by Gasteiger charge is -2.10. The van der Waals surface area contributed by atoms with Crippen molar-refractivity contribution in [3.63, 3.8) is 0 Å². The first-order valence-electron chi connectivity index (χ1n) is 8.98. The molecule has 1 amide bonds. The maximum atomic E-state index is 11.8. The monoisotopic (exact) mass is 389 g/mol. The predicted octanol–water partition coefficient (Wildman–Crippen LogP) is 2.97. The standard InChI is InChI=1S/C19H23N3O6/c1-13(2)19(24)21-10-4-3-7-17(23)28-12-27-16-9-8-15(22(25)26)14-6-5-11-20-18(14)16/h5-6,8-9,11,13H,3-4,7,10,12H2,1-2H3,(H,21,24). The van der Waals surface area contributed by atoms with Crippen molar-refractivity contribution in [2.24, 2.45) is 5.92 Å². The molecule has 0 unspecified atom stereocenters. The molecule has 9 heteroatoms. The second-order valence-electron chi connectivity index (χ2n) is 6.42. The van der Waals surface area contributed by atoms with Gasteiger partial charge in [0.25, 0.3) is 5.69 Å². The number of carbonyl (C=O) groups is 2. The Labute approximate surface area is 162 Å². The SMILES string of the molecule is CC(C)C(=O)NCCCCC(=O)OCOc1ccc([N+](=O)[O-])c2cccnc12. The number of nitrogens with zero attached hydrogens (tertiary/aromatic N) is 2. The van der Waals surface area contributed by atoms with Gasteiger partial charge in [-0.25, -0.2) is 0 Å². The van der Waals surface area contributed by atoms with Crippen LogP contribution in [0.4, 0.5) is 5.69 Å². The van der Waals surface area contributed by atoms with Crippen LogP contribution in [0.5, 0.6) is 5.75 Å². The van der Waals surface area contributed by atoms with Gasteiger partial charge in [-0.1, -0.05) is 13.8 Å². The van der Waals surface area contributed by atoms with Crippen molar-refractivity contribution in [3.8, 4) is 5.75 Å². The molecule has 0 fully saturated rings. The lowest BCUT2D eigenvalue weighted by molar-refractivity contribution is -0.383. The molecular formula is C19H23N3O6. The Morgan fingerprint density at radius 1 is 1.25 bits per heavy atom. The van der Waals surface area contributed by atoms with Gasteiger partial charge in [-0.3, -0.25) is 24.7 Å². The summed E-state index contributed by atoms with van der Waals surface area (Å²) >= 11 is 0. The van der Waals surface area contributed by atoms with Crippen molar-refractivity contribution in [1.29, 1.82) is 0 Å². The predicted molar refractivity (Wildman–Crippen MR) is 102 cm³/mol. The zero-order chi connectivity index (χ0) is 20.5. The molecule has 0 spiro atoms. The van der Waals surface area contributed by atoms with Crippen molar-refractivity contribution >= 4 is 28.5 Å². The van der Waals surface area contributed by atoms with Crippen LogP contribution in [0.25, 0.3) is 10.9 Å². The highest BCUT2D eigenvalue weighted by Gasteiger charge is 2.16. The molecule has 1 N–H and O–H groups in total. The number of carbonyl (C=O) groups excluding carboxylic acids is 2. The van der Waals surface area contributed by atoms with Crippen LogP contribution in [0.1, 0.15) is 33.1 Å². The Kier molecular flexibility index (Phi) is 7.67. The van der Waals surface area contributed by atoms with Crippen LogP contribution in [0.15, 0.2) is 30.5 Å². The van der Waals surface area contributed by atoms with Gasteiger partial charge in [0.15, 0.2) is 0 Å². The van der Waals surface area contributed by atoms with Crippen molar-refractivity contribution in [2.45, 2.75) is 33.1 Å². The average Bonchev–Trinajstić information content (AvgIpc) is 2.67. The van der Waals surface area contributed by atoms with Gasteiger partial charge >= 0.3 is 5.97 Å². The molecule has 2 rings (SSSR count). The third kappa shape index (κ3) is 5.90. The molecule has 1 aromatic carbocycles. The minimum Gasteiger partial charge on any atom is -0.455 e. The fraction of sp³-hybridized carbons (Fsp3) is 0.421. The van der Waals surface area contributed by atoms with Gasteiger partial charge in [-0.2, -0.15) is 0 Å². The fourth-order valence-corrected chi connectivity index (χ4v) is 2.45. The highest BCUT2D eigenvalue weighted by molar-refractivity contribution is 5.92. The summed E-state index contributed by atoms with van der Waals surface area (Å²) in [6, 6.07) is 5.94. The highest BCUT2D eigenvalue weighted by atomic mass is 16.7. The number of pyridine rings is 1. The van der Waals surface area contributed by atoms with E-state index in [0.717, 1.165) is 0 Å². The van der Waals surface area contributed by atoms with Crippen LogP contribution in [0.3, 0.4) is 0 Å². The molecule has 9 nitrogen and oxygen atoms in total. The smallest absolute Gasteiger partial charge is 0.308 e. The van der Waals surface area contributed by atoms with Gasteiger partial charge in [0.05, 0.1) is 10.3 Å². The number of amides is 1. The molecule has 28 heavy (non-hydrogen) atoms. The first-order chi connectivity index (χ1) is 13.4. The van der Waals surface area contributed by atoms with E-state index in [-0.39, 0.29) is 30.7 Å². The number of hydrogen-bond acceptors (Lipinski definition) is 7. The minimum atomic E-state index is -0.489. The van der Waals surface area contributed by atoms with Crippen LogP contribution in [-0.2, 0) is 14.3 Å². The topological polar surface area (TPSA) is 121 Å². The molecule has 0 aliphatic heterocycles. The number of ether oxygens (including phenoxy) is 2. The molecule has 0 bridgehead atoms. The van der Waals surface area contributed by atoms with Crippen molar-refractivity contribution in [2.75, 3.05) is 13.3 Å². The number of esters is 1. The van der Waals surface area contributed by atoms with E-state index in [1.807, 2.05) is 13.8 Å². The number of non-ortho nitro benzene ring substituents is 1. The maximum Gasteiger partial charge on any atom is 0.308 e. The van der Waals surface area contributed by atoms with E-state index in [1.165, 1.54) is 18.3 Å². The summed E-state index contributed by atoms with van der Waals surface area (Å²) in [6.45, 7) is 3.83. The van der Waals surface area contributed by atoms with E-state index < -0.39 is 10.9 Å². The lowest BCUT2D eigenvalue weighted by atomic mass is 10.1. The fourth-order valence-electron chi connectivity index (χ4n) is 2.45. The van der Waals surface area contributed by atoms with Crippen LogP contribution in [0.2, 0.25) is 0 Å². The molecule has 2 aromatic rings. The molecule has 1 aromatic heterocycles. The quantitative estimate of drug-likeness (QED) is 0.218. The molecule has 0 atom stereocenters. The number of hydrogen-bond donors (Lipinski definition) is 1. The third-order valence-electron chi connectivity index (χ3n) is 3.97. The zero-order valence-electron chi connectivity index (χ0n) is 15.8. The van der Waals surface area contributed by atoms with Gasteiger partial charge in [-0.15, -0.1) is 0 Å². The Bertz CT molecular complexity index is 853. The van der Waals surface area contributed by atoms with Crippen molar-refractivity contribution < 1.29 is 24.0 Å². The number of nitro groups is 1. The third-order valence-corrected chi connectivity index (χ3v) is 3.97. The summed E-state index contributed by atoms with van der Waals surface area (Å²) in [7, 11) is 0. The molecule has 150 valence electrons. The molecule has 0 saturated carbocycles. The first kappa shape index (κ1) is 21.1. The van der Waals surface area contributed by atoms with E-state index in [9.17, 15) is 19.7 Å². The van der Waals surface area contributed by atoms with Crippen LogP contribution in [-0.4, -0.2) is 35.1 Å². The second-order valence-corrected chi connectivity index (χ2v) is 6.42. The summed E-state index contributed by atoms with van der Waals surface area (Å²) in [4.78, 5) is 37.9. The van der Waals surface area contributed by atoms with Gasteiger partial charge in [0.2, 0.25) is 12.7 Å². The van der Waals surface area contributed by atoms with Crippen molar-refractivity contribution in [3.05, 3.63) is 40.6 Å². The summed E-state index contributed by atoms with van der Waals surface area (Å²) < 4.78 is 10.5. The number of nitrogens with one attached hydrogen (secondary N) is 1. The lowest BCUT2D eigenvalue weighted by Crippen LogP contribution is -2.28. The molecular weight excluding hydrogens is 366 g/mol. The van der Waals surface area contributed by atoms with E-state index in [2.05, 4.69) is 10.3 Å². The Balaban J connectivity index is 1.77. The number of aromatic nitrogens is 1. The number of unbranched alkanes of at least 4 members (excludes halogenated alkanes) is 1. The highest BCUT2D eigenvalue weighted by Crippen LogP contribution is 2.31. The van der Waals surface area contributed by atoms with Crippen LogP contribution in [0, 0.1) is 16.0 Å². The maximum absolute atomic E-state index is 11.8. The Morgan fingerprint density at radius 3 is 2.75 bits per heavy atom. The zero-order valence-corrected chi connectivity index (χ0v) is 15.8. The normalized spacial score (nSPS) is 10.7. The number of fused-ring (bicyclic) bond motifs is 1. The van der Waals surface area contributed by atoms with E-state index in [0.29, 0.717) is 36.0 Å². The summed E-state index contributed by atoms with van der Waals surface area (Å²) in [6.07, 6.45) is 2.97. The van der Waals surface area contributed by atoms with Crippen LogP contribution >= 0.6 is 0 Å². The molecule has 1 heterocycles. The largest absolute Gasteiger partial charge is 0.455 e. The molecule has 0 aliphatic carbocycles. The van der Waals surface area contributed by atoms with Crippen molar-refractivity contribution in [1.82, 2.24) is 10.3 Å². The Morgan fingerprint density at radius 2 is 2.04 bits per heavy atom. The number of nitro benzene ring substituents is 1.